The predicted octanol–water partition coefficient (Wildman–Crippen LogP) is 3.69. The van der Waals surface area contributed by atoms with Crippen LogP contribution in [0.4, 0.5) is 15.8 Å². The summed E-state index contributed by atoms with van der Waals surface area (Å²) in [6.45, 7) is 1.53. The SMILES string of the molecule is C[C@@H](NC(=O)c1ccoc1)C(=O)Nc1ccc(F)c(NC(=O)C2CCCCC2)c1. The van der Waals surface area contributed by atoms with Gasteiger partial charge in [0.15, 0.2) is 0 Å². The molecule has 1 saturated carbocycles. The van der Waals surface area contributed by atoms with Crippen LogP contribution < -0.4 is 16.0 Å². The van der Waals surface area contributed by atoms with Gasteiger partial charge in [-0.3, -0.25) is 14.4 Å². The first-order valence-electron chi connectivity index (χ1n) is 9.68. The molecule has 0 spiro atoms. The summed E-state index contributed by atoms with van der Waals surface area (Å²) in [5.74, 6) is -1.81. The van der Waals surface area contributed by atoms with Gasteiger partial charge in [-0.1, -0.05) is 19.3 Å². The molecule has 8 heteroatoms. The number of rotatable bonds is 6. The highest BCUT2D eigenvalue weighted by atomic mass is 19.1. The van der Waals surface area contributed by atoms with E-state index in [0.717, 1.165) is 32.1 Å². The van der Waals surface area contributed by atoms with Crippen LogP contribution in [0.5, 0.6) is 0 Å². The van der Waals surface area contributed by atoms with Crippen molar-refractivity contribution in [2.75, 3.05) is 10.6 Å². The Morgan fingerprint density at radius 2 is 1.86 bits per heavy atom. The average molecular weight is 401 g/mol. The van der Waals surface area contributed by atoms with E-state index in [-0.39, 0.29) is 17.5 Å². The van der Waals surface area contributed by atoms with Crippen LogP contribution in [0.25, 0.3) is 0 Å². The molecule has 3 N–H and O–H groups in total. The quantitative estimate of drug-likeness (QED) is 0.687. The number of carbonyl (C=O) groups excluding carboxylic acids is 3. The number of amides is 3. The Kier molecular flexibility index (Phi) is 6.64. The first-order chi connectivity index (χ1) is 13.9. The van der Waals surface area contributed by atoms with Gasteiger partial charge < -0.3 is 20.4 Å². The van der Waals surface area contributed by atoms with Crippen LogP contribution in [0.2, 0.25) is 0 Å². The van der Waals surface area contributed by atoms with Crippen molar-refractivity contribution in [2.45, 2.75) is 45.1 Å². The Morgan fingerprint density at radius 1 is 1.10 bits per heavy atom. The molecule has 1 aromatic carbocycles. The first kappa shape index (κ1) is 20.6. The van der Waals surface area contributed by atoms with Crippen LogP contribution in [0.3, 0.4) is 0 Å². The van der Waals surface area contributed by atoms with E-state index in [1.165, 1.54) is 43.7 Å². The average Bonchev–Trinajstić information content (AvgIpc) is 3.26. The minimum Gasteiger partial charge on any atom is -0.472 e. The summed E-state index contributed by atoms with van der Waals surface area (Å²) >= 11 is 0. The van der Waals surface area contributed by atoms with Crippen molar-refractivity contribution in [1.29, 1.82) is 0 Å². The molecular formula is C21H24FN3O4. The Bertz CT molecular complexity index is 876. The van der Waals surface area contributed by atoms with Crippen molar-refractivity contribution in [3.63, 3.8) is 0 Å². The highest BCUT2D eigenvalue weighted by molar-refractivity contribution is 6.01. The number of carbonyl (C=O) groups is 3. The summed E-state index contributed by atoms with van der Waals surface area (Å²) in [4.78, 5) is 36.7. The molecule has 1 aliphatic rings. The molecule has 29 heavy (non-hydrogen) atoms. The minimum atomic E-state index is -0.831. The molecule has 1 aliphatic carbocycles. The van der Waals surface area contributed by atoms with E-state index in [0.29, 0.717) is 11.3 Å². The third-order valence-corrected chi connectivity index (χ3v) is 4.99. The number of halogens is 1. The van der Waals surface area contributed by atoms with Crippen molar-refractivity contribution in [3.8, 4) is 0 Å². The van der Waals surface area contributed by atoms with Gasteiger partial charge in [0.2, 0.25) is 11.8 Å². The second-order valence-electron chi connectivity index (χ2n) is 7.22. The van der Waals surface area contributed by atoms with Gasteiger partial charge in [0.25, 0.3) is 5.91 Å². The second-order valence-corrected chi connectivity index (χ2v) is 7.22. The summed E-state index contributed by atoms with van der Waals surface area (Å²) < 4.78 is 19.0. The van der Waals surface area contributed by atoms with Crippen LogP contribution >= 0.6 is 0 Å². The van der Waals surface area contributed by atoms with Gasteiger partial charge in [0, 0.05) is 11.6 Å². The Labute approximate surface area is 168 Å². The molecule has 3 amide bonds. The fraction of sp³-hybridized carbons (Fsp3) is 0.381. The van der Waals surface area contributed by atoms with E-state index in [1.54, 1.807) is 0 Å². The maximum Gasteiger partial charge on any atom is 0.255 e. The third-order valence-electron chi connectivity index (χ3n) is 4.99. The maximum absolute atomic E-state index is 14.1. The van der Waals surface area contributed by atoms with Gasteiger partial charge in [-0.05, 0) is 44.0 Å². The van der Waals surface area contributed by atoms with Crippen molar-refractivity contribution in [2.24, 2.45) is 5.92 Å². The lowest BCUT2D eigenvalue weighted by Gasteiger charge is -2.21. The third kappa shape index (κ3) is 5.43. The lowest BCUT2D eigenvalue weighted by molar-refractivity contribution is -0.120. The molecule has 154 valence electrons. The Balaban J connectivity index is 1.60. The number of nitrogens with one attached hydrogen (secondary N) is 3. The second kappa shape index (κ2) is 9.36. The lowest BCUT2D eigenvalue weighted by atomic mass is 9.88. The van der Waals surface area contributed by atoms with E-state index in [1.807, 2.05) is 0 Å². The van der Waals surface area contributed by atoms with Gasteiger partial charge >= 0.3 is 0 Å². The van der Waals surface area contributed by atoms with Gasteiger partial charge in [-0.2, -0.15) is 0 Å². The zero-order valence-corrected chi connectivity index (χ0v) is 16.2. The fourth-order valence-corrected chi connectivity index (χ4v) is 3.29. The standard InChI is InChI=1S/C21H24FN3O4/c1-13(23-21(28)15-9-10-29-12-15)19(26)24-16-7-8-17(22)18(11-16)25-20(27)14-5-3-2-4-6-14/h7-14H,2-6H2,1H3,(H,23,28)(H,24,26)(H,25,27)/t13-/m1/s1. The number of furan rings is 1. The van der Waals surface area contributed by atoms with Crippen LogP contribution in [0.15, 0.2) is 41.2 Å². The molecule has 1 heterocycles. The Morgan fingerprint density at radius 3 is 2.55 bits per heavy atom. The van der Waals surface area contributed by atoms with Crippen LogP contribution in [0.1, 0.15) is 49.4 Å². The minimum absolute atomic E-state index is 0.0217. The van der Waals surface area contributed by atoms with Crippen molar-refractivity contribution in [3.05, 3.63) is 48.2 Å². The lowest BCUT2D eigenvalue weighted by Crippen LogP contribution is -2.41. The number of hydrogen-bond acceptors (Lipinski definition) is 4. The normalized spacial score (nSPS) is 15.4. The molecule has 0 radical (unpaired) electrons. The highest BCUT2D eigenvalue weighted by Gasteiger charge is 2.22. The van der Waals surface area contributed by atoms with E-state index in [2.05, 4.69) is 16.0 Å². The Hall–Kier alpha value is -3.16. The van der Waals surface area contributed by atoms with Gasteiger partial charge in [0.05, 0.1) is 17.5 Å². The predicted molar refractivity (Wildman–Crippen MR) is 106 cm³/mol. The van der Waals surface area contributed by atoms with Crippen molar-refractivity contribution < 1.29 is 23.2 Å². The van der Waals surface area contributed by atoms with Crippen molar-refractivity contribution in [1.82, 2.24) is 5.32 Å². The van der Waals surface area contributed by atoms with E-state index in [9.17, 15) is 18.8 Å². The molecule has 0 saturated heterocycles. The zero-order valence-electron chi connectivity index (χ0n) is 16.2. The molecule has 2 aromatic rings. The van der Waals surface area contributed by atoms with Gasteiger partial charge in [0.1, 0.15) is 18.1 Å². The summed E-state index contributed by atoms with van der Waals surface area (Å²) in [6, 6.07) is 4.61. The van der Waals surface area contributed by atoms with E-state index in [4.69, 9.17) is 4.42 Å². The fourth-order valence-electron chi connectivity index (χ4n) is 3.29. The topological polar surface area (TPSA) is 100 Å². The van der Waals surface area contributed by atoms with Crippen molar-refractivity contribution >= 4 is 29.1 Å². The number of hydrogen-bond donors (Lipinski definition) is 3. The van der Waals surface area contributed by atoms with Crippen LogP contribution in [0, 0.1) is 11.7 Å². The van der Waals surface area contributed by atoms with Gasteiger partial charge in [-0.15, -0.1) is 0 Å². The monoisotopic (exact) mass is 401 g/mol. The first-order valence-corrected chi connectivity index (χ1v) is 9.68. The number of anilines is 2. The molecule has 0 aliphatic heterocycles. The van der Waals surface area contributed by atoms with Crippen LogP contribution in [-0.2, 0) is 9.59 Å². The highest BCUT2D eigenvalue weighted by Crippen LogP contribution is 2.26. The smallest absolute Gasteiger partial charge is 0.255 e. The summed E-state index contributed by atoms with van der Waals surface area (Å²) in [5, 5.41) is 7.79. The molecule has 0 unspecified atom stereocenters. The van der Waals surface area contributed by atoms with Gasteiger partial charge in [-0.25, -0.2) is 4.39 Å². The maximum atomic E-state index is 14.1. The zero-order chi connectivity index (χ0) is 20.8. The molecule has 1 fully saturated rings. The summed E-state index contributed by atoms with van der Waals surface area (Å²) in [6.07, 6.45) is 7.37. The molecule has 3 rings (SSSR count). The van der Waals surface area contributed by atoms with Crippen LogP contribution in [-0.4, -0.2) is 23.8 Å². The molecule has 7 nitrogen and oxygen atoms in total. The summed E-state index contributed by atoms with van der Waals surface area (Å²) in [5.41, 5.74) is 0.646. The summed E-state index contributed by atoms with van der Waals surface area (Å²) in [7, 11) is 0. The molecule has 1 atom stereocenters. The largest absolute Gasteiger partial charge is 0.472 e. The van der Waals surface area contributed by atoms with E-state index < -0.39 is 23.7 Å². The number of benzene rings is 1. The molecular weight excluding hydrogens is 377 g/mol. The molecule has 0 bridgehead atoms. The molecule has 1 aromatic heterocycles. The van der Waals surface area contributed by atoms with E-state index >= 15 is 0 Å².